The topological polar surface area (TPSA) is 12.0 Å². The maximum absolute atomic E-state index is 3.63. The van der Waals surface area contributed by atoms with E-state index in [1.807, 2.05) is 0 Å². The SMILES string of the molecule is Cc1cc(C)c(C(C)NCCC(C)C)c(C)c1. The summed E-state index contributed by atoms with van der Waals surface area (Å²) in [6.07, 6.45) is 1.24. The Balaban J connectivity index is 2.72. The van der Waals surface area contributed by atoms with E-state index in [9.17, 15) is 0 Å². The van der Waals surface area contributed by atoms with Crippen molar-refractivity contribution in [2.24, 2.45) is 5.92 Å². The summed E-state index contributed by atoms with van der Waals surface area (Å²) < 4.78 is 0. The van der Waals surface area contributed by atoms with E-state index in [1.54, 1.807) is 0 Å². The standard InChI is InChI=1S/C16H27N/c1-11(2)7-8-17-15(6)16-13(4)9-12(3)10-14(16)5/h9-11,15,17H,7-8H2,1-6H3. The van der Waals surface area contributed by atoms with E-state index in [2.05, 4.69) is 59.0 Å². The van der Waals surface area contributed by atoms with Crippen LogP contribution in [0.3, 0.4) is 0 Å². The Labute approximate surface area is 107 Å². The van der Waals surface area contributed by atoms with Gasteiger partial charge in [0.1, 0.15) is 0 Å². The van der Waals surface area contributed by atoms with Crippen LogP contribution in [-0.2, 0) is 0 Å². The molecule has 1 aromatic carbocycles. The maximum atomic E-state index is 3.63. The van der Waals surface area contributed by atoms with Crippen molar-refractivity contribution in [1.82, 2.24) is 5.32 Å². The van der Waals surface area contributed by atoms with Gasteiger partial charge in [0.25, 0.3) is 0 Å². The van der Waals surface area contributed by atoms with Gasteiger partial charge in [-0.2, -0.15) is 0 Å². The quantitative estimate of drug-likeness (QED) is 0.799. The number of hydrogen-bond donors (Lipinski definition) is 1. The van der Waals surface area contributed by atoms with Gasteiger partial charge in [-0.15, -0.1) is 0 Å². The summed E-state index contributed by atoms with van der Waals surface area (Å²) in [4.78, 5) is 0. The van der Waals surface area contributed by atoms with Crippen molar-refractivity contribution in [2.75, 3.05) is 6.54 Å². The zero-order valence-electron chi connectivity index (χ0n) is 12.2. The Kier molecular flexibility index (Phi) is 5.20. The van der Waals surface area contributed by atoms with Gasteiger partial charge in [0.15, 0.2) is 0 Å². The Morgan fingerprint density at radius 3 is 2.00 bits per heavy atom. The van der Waals surface area contributed by atoms with E-state index < -0.39 is 0 Å². The Hall–Kier alpha value is -0.820. The van der Waals surface area contributed by atoms with E-state index in [4.69, 9.17) is 0 Å². The first-order valence-electron chi connectivity index (χ1n) is 6.73. The van der Waals surface area contributed by atoms with Gasteiger partial charge >= 0.3 is 0 Å². The molecule has 96 valence electrons. The molecule has 0 saturated heterocycles. The lowest BCUT2D eigenvalue weighted by atomic mass is 9.95. The summed E-state index contributed by atoms with van der Waals surface area (Å²) in [5.74, 6) is 0.773. The number of hydrogen-bond acceptors (Lipinski definition) is 1. The van der Waals surface area contributed by atoms with Gasteiger partial charge in [0.05, 0.1) is 0 Å². The Bertz CT molecular complexity index is 343. The number of aryl methyl sites for hydroxylation is 3. The first-order chi connectivity index (χ1) is 7.91. The molecule has 1 unspecified atom stereocenters. The Morgan fingerprint density at radius 2 is 1.53 bits per heavy atom. The second-order valence-electron chi connectivity index (χ2n) is 5.67. The molecule has 0 bridgehead atoms. The van der Waals surface area contributed by atoms with Gasteiger partial charge < -0.3 is 5.32 Å². The number of nitrogens with one attached hydrogen (secondary N) is 1. The molecular weight excluding hydrogens is 206 g/mol. The second kappa shape index (κ2) is 6.20. The maximum Gasteiger partial charge on any atom is 0.0297 e. The van der Waals surface area contributed by atoms with Gasteiger partial charge in [0.2, 0.25) is 0 Å². The van der Waals surface area contributed by atoms with Crippen LogP contribution in [0.25, 0.3) is 0 Å². The highest BCUT2D eigenvalue weighted by molar-refractivity contribution is 5.39. The molecule has 1 heteroatoms. The molecular formula is C16H27N. The molecule has 0 radical (unpaired) electrons. The molecule has 0 spiro atoms. The average Bonchev–Trinajstić information content (AvgIpc) is 2.14. The first kappa shape index (κ1) is 14.2. The number of benzene rings is 1. The fourth-order valence-corrected chi connectivity index (χ4v) is 2.56. The molecule has 0 amide bonds. The van der Waals surface area contributed by atoms with Crippen LogP contribution in [-0.4, -0.2) is 6.54 Å². The predicted octanol–water partition coefficient (Wildman–Crippen LogP) is 4.31. The minimum Gasteiger partial charge on any atom is -0.310 e. The van der Waals surface area contributed by atoms with Crippen molar-refractivity contribution in [3.8, 4) is 0 Å². The summed E-state index contributed by atoms with van der Waals surface area (Å²) >= 11 is 0. The molecule has 0 aliphatic rings. The van der Waals surface area contributed by atoms with E-state index in [0.717, 1.165) is 12.5 Å². The van der Waals surface area contributed by atoms with Crippen LogP contribution in [0.2, 0.25) is 0 Å². The van der Waals surface area contributed by atoms with E-state index in [1.165, 1.54) is 28.7 Å². The molecule has 1 rings (SSSR count). The van der Waals surface area contributed by atoms with Crippen LogP contribution >= 0.6 is 0 Å². The normalized spacial score (nSPS) is 13.1. The van der Waals surface area contributed by atoms with Gasteiger partial charge in [-0.05, 0) is 63.3 Å². The van der Waals surface area contributed by atoms with Crippen molar-refractivity contribution < 1.29 is 0 Å². The summed E-state index contributed by atoms with van der Waals surface area (Å²) in [7, 11) is 0. The summed E-state index contributed by atoms with van der Waals surface area (Å²) in [6, 6.07) is 5.01. The van der Waals surface area contributed by atoms with Gasteiger partial charge in [0, 0.05) is 6.04 Å². The van der Waals surface area contributed by atoms with Crippen molar-refractivity contribution >= 4 is 0 Å². The zero-order valence-corrected chi connectivity index (χ0v) is 12.2. The second-order valence-corrected chi connectivity index (χ2v) is 5.67. The lowest BCUT2D eigenvalue weighted by molar-refractivity contribution is 0.495. The van der Waals surface area contributed by atoms with Crippen molar-refractivity contribution in [3.05, 3.63) is 34.4 Å². The fourth-order valence-electron chi connectivity index (χ4n) is 2.56. The minimum absolute atomic E-state index is 0.453. The lowest BCUT2D eigenvalue weighted by Crippen LogP contribution is -2.22. The third-order valence-electron chi connectivity index (χ3n) is 3.34. The van der Waals surface area contributed by atoms with E-state index >= 15 is 0 Å². The molecule has 0 aliphatic heterocycles. The highest BCUT2D eigenvalue weighted by Gasteiger charge is 2.11. The van der Waals surface area contributed by atoms with Gasteiger partial charge in [-0.25, -0.2) is 0 Å². The van der Waals surface area contributed by atoms with E-state index in [-0.39, 0.29) is 0 Å². The molecule has 1 N–H and O–H groups in total. The van der Waals surface area contributed by atoms with Gasteiger partial charge in [-0.3, -0.25) is 0 Å². The first-order valence-corrected chi connectivity index (χ1v) is 6.73. The molecule has 0 heterocycles. The van der Waals surface area contributed by atoms with Crippen LogP contribution < -0.4 is 5.32 Å². The zero-order chi connectivity index (χ0) is 13.0. The summed E-state index contributed by atoms with van der Waals surface area (Å²) in [5.41, 5.74) is 5.65. The van der Waals surface area contributed by atoms with Crippen LogP contribution in [0, 0.1) is 26.7 Å². The van der Waals surface area contributed by atoms with E-state index in [0.29, 0.717) is 6.04 Å². The van der Waals surface area contributed by atoms with Crippen molar-refractivity contribution in [1.29, 1.82) is 0 Å². The van der Waals surface area contributed by atoms with Gasteiger partial charge in [-0.1, -0.05) is 31.5 Å². The third kappa shape index (κ3) is 4.16. The largest absolute Gasteiger partial charge is 0.310 e. The monoisotopic (exact) mass is 233 g/mol. The highest BCUT2D eigenvalue weighted by atomic mass is 14.9. The van der Waals surface area contributed by atoms with Crippen LogP contribution in [0.1, 0.15) is 55.5 Å². The number of rotatable bonds is 5. The molecule has 1 atom stereocenters. The van der Waals surface area contributed by atoms with Crippen molar-refractivity contribution in [3.63, 3.8) is 0 Å². The molecule has 1 nitrogen and oxygen atoms in total. The lowest BCUT2D eigenvalue weighted by Gasteiger charge is -2.20. The third-order valence-corrected chi connectivity index (χ3v) is 3.34. The molecule has 0 saturated carbocycles. The summed E-state index contributed by atoms with van der Waals surface area (Å²) in [6.45, 7) is 14.5. The van der Waals surface area contributed by atoms with Crippen molar-refractivity contribution in [2.45, 2.75) is 54.0 Å². The summed E-state index contributed by atoms with van der Waals surface area (Å²) in [5, 5.41) is 3.63. The Morgan fingerprint density at radius 1 is 1.00 bits per heavy atom. The van der Waals surface area contributed by atoms with Crippen LogP contribution in [0.5, 0.6) is 0 Å². The smallest absolute Gasteiger partial charge is 0.0297 e. The van der Waals surface area contributed by atoms with Crippen LogP contribution in [0.15, 0.2) is 12.1 Å². The highest BCUT2D eigenvalue weighted by Crippen LogP contribution is 2.23. The predicted molar refractivity (Wildman–Crippen MR) is 76.5 cm³/mol. The molecule has 0 aliphatic carbocycles. The molecule has 0 aromatic heterocycles. The average molecular weight is 233 g/mol. The molecule has 0 fully saturated rings. The fraction of sp³-hybridized carbons (Fsp3) is 0.625. The van der Waals surface area contributed by atoms with Crippen LogP contribution in [0.4, 0.5) is 0 Å². The molecule has 1 aromatic rings. The minimum atomic E-state index is 0.453. The molecule has 17 heavy (non-hydrogen) atoms.